The Morgan fingerprint density at radius 2 is 1.81 bits per heavy atom. The number of thiophene rings is 1. The van der Waals surface area contributed by atoms with Gasteiger partial charge in [-0.2, -0.15) is 4.72 Å². The maximum Gasteiger partial charge on any atom is 0.337 e. The zero-order valence-corrected chi connectivity index (χ0v) is 15.6. The van der Waals surface area contributed by atoms with Crippen molar-refractivity contribution in [2.24, 2.45) is 0 Å². The third-order valence-corrected chi connectivity index (χ3v) is 6.16. The van der Waals surface area contributed by atoms with Crippen molar-refractivity contribution in [3.8, 4) is 0 Å². The number of ether oxygens (including phenoxy) is 1. The summed E-state index contributed by atoms with van der Waals surface area (Å²) in [5.41, 5.74) is 1.02. The van der Waals surface area contributed by atoms with E-state index in [1.807, 2.05) is 47.8 Å². The molecule has 0 spiro atoms. The van der Waals surface area contributed by atoms with Gasteiger partial charge in [-0.05, 0) is 35.2 Å². The molecule has 134 valence electrons. The minimum atomic E-state index is -3.85. The van der Waals surface area contributed by atoms with E-state index in [0.29, 0.717) is 0 Å². The summed E-state index contributed by atoms with van der Waals surface area (Å²) in [5.74, 6) is -0.583. The van der Waals surface area contributed by atoms with E-state index in [-0.39, 0.29) is 10.5 Å². The molecular formula is C19H17NO4S2. The van der Waals surface area contributed by atoms with E-state index in [1.165, 1.54) is 42.7 Å². The predicted octanol–water partition coefficient (Wildman–Crippen LogP) is 3.60. The second kappa shape index (κ2) is 7.82. The van der Waals surface area contributed by atoms with E-state index < -0.39 is 22.0 Å². The fourth-order valence-corrected chi connectivity index (χ4v) is 4.65. The van der Waals surface area contributed by atoms with Crippen LogP contribution >= 0.6 is 11.3 Å². The number of nitrogens with one attached hydrogen (secondary N) is 1. The highest BCUT2D eigenvalue weighted by Gasteiger charge is 2.24. The molecular weight excluding hydrogens is 370 g/mol. The molecule has 0 aliphatic carbocycles. The molecule has 0 saturated carbocycles. The summed E-state index contributed by atoms with van der Waals surface area (Å²) in [6.07, 6.45) is 0. The number of benzene rings is 2. The lowest BCUT2D eigenvalue weighted by atomic mass is 10.1. The fourth-order valence-electron chi connectivity index (χ4n) is 2.52. The first-order valence-corrected chi connectivity index (χ1v) is 10.2. The molecule has 2 aromatic carbocycles. The Labute approximate surface area is 156 Å². The van der Waals surface area contributed by atoms with Gasteiger partial charge in [-0.25, -0.2) is 13.2 Å². The SMILES string of the molecule is COC(=O)c1cccc(S(=O)(=O)N[C@@H](c2ccccc2)c2cccs2)c1. The molecule has 1 N–H and O–H groups in total. The predicted molar refractivity (Wildman–Crippen MR) is 101 cm³/mol. The maximum absolute atomic E-state index is 12.9. The summed E-state index contributed by atoms with van der Waals surface area (Å²) in [4.78, 5) is 12.6. The molecule has 0 unspecified atom stereocenters. The van der Waals surface area contributed by atoms with E-state index in [4.69, 9.17) is 0 Å². The molecule has 0 aliphatic heterocycles. The zero-order chi connectivity index (χ0) is 18.6. The molecule has 0 bridgehead atoms. The largest absolute Gasteiger partial charge is 0.465 e. The first kappa shape index (κ1) is 18.3. The first-order chi connectivity index (χ1) is 12.5. The molecule has 5 nitrogen and oxygen atoms in total. The van der Waals surface area contributed by atoms with Crippen LogP contribution < -0.4 is 4.72 Å². The van der Waals surface area contributed by atoms with Gasteiger partial charge in [0.15, 0.2) is 0 Å². The zero-order valence-electron chi connectivity index (χ0n) is 14.0. The summed E-state index contributed by atoms with van der Waals surface area (Å²) in [7, 11) is -2.60. The van der Waals surface area contributed by atoms with Crippen LogP contribution in [0.2, 0.25) is 0 Å². The van der Waals surface area contributed by atoms with Gasteiger partial charge in [0.1, 0.15) is 0 Å². The summed E-state index contributed by atoms with van der Waals surface area (Å²) < 4.78 is 33.2. The number of carbonyl (C=O) groups is 1. The molecule has 0 saturated heterocycles. The Hall–Kier alpha value is -2.48. The van der Waals surface area contributed by atoms with Crippen molar-refractivity contribution in [2.75, 3.05) is 7.11 Å². The molecule has 1 aromatic heterocycles. The van der Waals surface area contributed by atoms with Gasteiger partial charge in [0.2, 0.25) is 10.0 Å². The van der Waals surface area contributed by atoms with E-state index in [1.54, 1.807) is 0 Å². The van der Waals surface area contributed by atoms with Gasteiger partial charge in [-0.1, -0.05) is 42.5 Å². The van der Waals surface area contributed by atoms with Gasteiger partial charge >= 0.3 is 5.97 Å². The Bertz CT molecular complexity index is 983. The highest BCUT2D eigenvalue weighted by atomic mass is 32.2. The lowest BCUT2D eigenvalue weighted by Gasteiger charge is -2.18. The second-order valence-electron chi connectivity index (χ2n) is 5.50. The molecule has 1 atom stereocenters. The van der Waals surface area contributed by atoms with Crippen LogP contribution in [0.25, 0.3) is 0 Å². The number of rotatable bonds is 6. The van der Waals surface area contributed by atoms with E-state index in [9.17, 15) is 13.2 Å². The van der Waals surface area contributed by atoms with Gasteiger partial charge in [0.25, 0.3) is 0 Å². The highest BCUT2D eigenvalue weighted by Crippen LogP contribution is 2.28. The van der Waals surface area contributed by atoms with Crippen LogP contribution in [0.4, 0.5) is 0 Å². The lowest BCUT2D eigenvalue weighted by molar-refractivity contribution is 0.0600. The standard InChI is InChI=1S/C19H17NO4S2/c1-24-19(21)15-9-5-10-16(13-15)26(22,23)20-18(17-11-6-12-25-17)14-7-3-2-4-8-14/h2-13,18,20H,1H3/t18-/m0/s1. The molecule has 0 fully saturated rings. The average molecular weight is 387 g/mol. The van der Waals surface area contributed by atoms with Crippen LogP contribution in [0.5, 0.6) is 0 Å². The van der Waals surface area contributed by atoms with Gasteiger partial charge < -0.3 is 4.74 Å². The second-order valence-corrected chi connectivity index (χ2v) is 8.19. The summed E-state index contributed by atoms with van der Waals surface area (Å²) in [5, 5.41) is 1.90. The number of sulfonamides is 1. The summed E-state index contributed by atoms with van der Waals surface area (Å²) in [6, 6.07) is 18.4. The normalized spacial score (nSPS) is 12.5. The van der Waals surface area contributed by atoms with Crippen LogP contribution in [0, 0.1) is 0 Å². The summed E-state index contributed by atoms with van der Waals surface area (Å²) >= 11 is 1.47. The number of hydrogen-bond acceptors (Lipinski definition) is 5. The molecule has 26 heavy (non-hydrogen) atoms. The smallest absolute Gasteiger partial charge is 0.337 e. The van der Waals surface area contributed by atoms with E-state index >= 15 is 0 Å². The highest BCUT2D eigenvalue weighted by molar-refractivity contribution is 7.89. The van der Waals surface area contributed by atoms with E-state index in [0.717, 1.165) is 10.4 Å². The number of esters is 1. The van der Waals surface area contributed by atoms with Crippen molar-refractivity contribution in [1.82, 2.24) is 4.72 Å². The van der Waals surface area contributed by atoms with Gasteiger partial charge in [-0.15, -0.1) is 11.3 Å². The fraction of sp³-hybridized carbons (Fsp3) is 0.105. The Morgan fingerprint density at radius 1 is 1.04 bits per heavy atom. The lowest BCUT2D eigenvalue weighted by Crippen LogP contribution is -2.29. The van der Waals surface area contributed by atoms with Crippen LogP contribution in [0.1, 0.15) is 26.8 Å². The van der Waals surface area contributed by atoms with Crippen molar-refractivity contribution in [3.63, 3.8) is 0 Å². The molecule has 0 radical (unpaired) electrons. The topological polar surface area (TPSA) is 72.5 Å². The maximum atomic E-state index is 12.9. The molecule has 0 aliphatic rings. The molecule has 3 aromatic rings. The quantitative estimate of drug-likeness (QED) is 0.656. The monoisotopic (exact) mass is 387 g/mol. The third-order valence-electron chi connectivity index (χ3n) is 3.80. The van der Waals surface area contributed by atoms with Crippen LogP contribution in [-0.2, 0) is 14.8 Å². The summed E-state index contributed by atoms with van der Waals surface area (Å²) in [6.45, 7) is 0. The van der Waals surface area contributed by atoms with Crippen LogP contribution in [-0.4, -0.2) is 21.5 Å². The third kappa shape index (κ3) is 4.01. The number of methoxy groups -OCH3 is 1. The molecule has 3 rings (SSSR count). The van der Waals surface area contributed by atoms with Crippen molar-refractivity contribution in [3.05, 3.63) is 88.1 Å². The minimum Gasteiger partial charge on any atom is -0.465 e. The Kier molecular flexibility index (Phi) is 5.51. The number of carbonyl (C=O) groups excluding carboxylic acids is 1. The Morgan fingerprint density at radius 3 is 2.46 bits per heavy atom. The molecule has 1 heterocycles. The van der Waals surface area contributed by atoms with Gasteiger partial charge in [0.05, 0.1) is 23.6 Å². The van der Waals surface area contributed by atoms with Crippen molar-refractivity contribution < 1.29 is 17.9 Å². The van der Waals surface area contributed by atoms with Crippen molar-refractivity contribution in [1.29, 1.82) is 0 Å². The van der Waals surface area contributed by atoms with E-state index in [2.05, 4.69) is 9.46 Å². The number of hydrogen-bond donors (Lipinski definition) is 1. The average Bonchev–Trinajstić information content (AvgIpc) is 3.21. The minimum absolute atomic E-state index is 0.0119. The van der Waals surface area contributed by atoms with Gasteiger partial charge in [-0.3, -0.25) is 0 Å². The Balaban J connectivity index is 1.97. The van der Waals surface area contributed by atoms with Gasteiger partial charge in [0, 0.05) is 4.88 Å². The van der Waals surface area contributed by atoms with Crippen LogP contribution in [0.15, 0.2) is 77.0 Å². The molecule has 7 heteroatoms. The van der Waals surface area contributed by atoms with Crippen LogP contribution in [0.3, 0.4) is 0 Å². The van der Waals surface area contributed by atoms with Crippen molar-refractivity contribution >= 4 is 27.3 Å². The molecule has 0 amide bonds. The first-order valence-electron chi connectivity index (χ1n) is 7.80. The van der Waals surface area contributed by atoms with Crippen molar-refractivity contribution in [2.45, 2.75) is 10.9 Å².